The maximum atomic E-state index is 12.8. The van der Waals surface area contributed by atoms with Crippen LogP contribution in [0.15, 0.2) is 60.7 Å². The molecule has 3 rings (SSSR count). The van der Waals surface area contributed by atoms with E-state index in [4.69, 9.17) is 4.74 Å². The highest BCUT2D eigenvalue weighted by Crippen LogP contribution is 2.20. The number of hydrogen-bond donors (Lipinski definition) is 1. The van der Waals surface area contributed by atoms with Crippen LogP contribution in [0.1, 0.15) is 28.8 Å². The van der Waals surface area contributed by atoms with Crippen LogP contribution in [0.5, 0.6) is 5.75 Å². The maximum absolute atomic E-state index is 12.8. The molecule has 1 heterocycles. The molecule has 0 aliphatic rings. The molecule has 0 saturated carbocycles. The fourth-order valence-electron chi connectivity index (χ4n) is 2.81. The summed E-state index contributed by atoms with van der Waals surface area (Å²) in [7, 11) is 1.77. The van der Waals surface area contributed by atoms with E-state index < -0.39 is 0 Å². The van der Waals surface area contributed by atoms with Crippen molar-refractivity contribution in [3.63, 3.8) is 0 Å². The van der Waals surface area contributed by atoms with Gasteiger partial charge in [0.25, 0.3) is 5.91 Å². The van der Waals surface area contributed by atoms with Gasteiger partial charge in [0.2, 0.25) is 0 Å². The second-order valence-electron chi connectivity index (χ2n) is 6.41. The van der Waals surface area contributed by atoms with E-state index >= 15 is 0 Å². The minimum atomic E-state index is -0.149. The highest BCUT2D eigenvalue weighted by Gasteiger charge is 2.15. The number of hydrogen-bond acceptors (Lipinski definition) is 5. The van der Waals surface area contributed by atoms with Gasteiger partial charge < -0.3 is 15.0 Å². The Hall–Kier alpha value is -3.41. The van der Waals surface area contributed by atoms with Crippen LogP contribution in [0.4, 0.5) is 11.5 Å². The Bertz CT molecular complexity index is 927. The van der Waals surface area contributed by atoms with Crippen molar-refractivity contribution >= 4 is 17.4 Å². The summed E-state index contributed by atoms with van der Waals surface area (Å²) < 4.78 is 5.45. The first-order chi connectivity index (χ1) is 13.5. The third-order valence-corrected chi connectivity index (χ3v) is 4.10. The average Bonchev–Trinajstić information content (AvgIpc) is 2.69. The van der Waals surface area contributed by atoms with Crippen molar-refractivity contribution in [3.8, 4) is 5.75 Å². The van der Waals surface area contributed by atoms with Gasteiger partial charge in [-0.15, -0.1) is 0 Å². The van der Waals surface area contributed by atoms with Crippen LogP contribution in [-0.4, -0.2) is 34.4 Å². The van der Waals surface area contributed by atoms with Crippen LogP contribution >= 0.6 is 0 Å². The zero-order valence-corrected chi connectivity index (χ0v) is 16.3. The van der Waals surface area contributed by atoms with Crippen LogP contribution in [0.25, 0.3) is 0 Å². The van der Waals surface area contributed by atoms with E-state index in [1.165, 1.54) is 0 Å². The molecule has 0 aliphatic heterocycles. The quantitative estimate of drug-likeness (QED) is 0.669. The Morgan fingerprint density at radius 2 is 1.79 bits per heavy atom. The molecule has 3 aromatic rings. The summed E-state index contributed by atoms with van der Waals surface area (Å²) >= 11 is 0. The summed E-state index contributed by atoms with van der Waals surface area (Å²) in [4.78, 5) is 23.2. The number of rotatable bonds is 7. The molecule has 6 nitrogen and oxygen atoms in total. The third kappa shape index (κ3) is 5.07. The van der Waals surface area contributed by atoms with Gasteiger partial charge in [-0.05, 0) is 43.7 Å². The van der Waals surface area contributed by atoms with E-state index in [1.807, 2.05) is 61.5 Å². The van der Waals surface area contributed by atoms with Crippen molar-refractivity contribution < 1.29 is 9.53 Å². The molecule has 0 unspecified atom stereocenters. The number of amides is 1. The third-order valence-electron chi connectivity index (χ3n) is 4.10. The predicted molar refractivity (Wildman–Crippen MR) is 110 cm³/mol. The van der Waals surface area contributed by atoms with Gasteiger partial charge in [0.05, 0.1) is 6.61 Å². The van der Waals surface area contributed by atoms with Crippen molar-refractivity contribution in [2.24, 2.45) is 0 Å². The van der Waals surface area contributed by atoms with Crippen molar-refractivity contribution in [1.29, 1.82) is 0 Å². The lowest BCUT2D eigenvalue weighted by Crippen LogP contribution is -2.27. The number of ether oxygens (including phenoxy) is 1. The number of carbonyl (C=O) groups excluding carboxylic acids is 1. The van der Waals surface area contributed by atoms with Gasteiger partial charge in [-0.2, -0.15) is 0 Å². The SMILES string of the molecule is CCOc1ccc(Nc2cc(C(=O)N(C)Cc3ccccc3)nc(C)n2)cc1. The minimum Gasteiger partial charge on any atom is -0.494 e. The van der Waals surface area contributed by atoms with Gasteiger partial charge in [-0.3, -0.25) is 4.79 Å². The van der Waals surface area contributed by atoms with E-state index in [9.17, 15) is 4.79 Å². The first kappa shape index (κ1) is 19.4. The Labute approximate surface area is 165 Å². The number of anilines is 2. The van der Waals surface area contributed by atoms with Crippen LogP contribution in [0.2, 0.25) is 0 Å². The first-order valence-electron chi connectivity index (χ1n) is 9.20. The van der Waals surface area contributed by atoms with Crippen molar-refractivity contribution in [1.82, 2.24) is 14.9 Å². The fourth-order valence-corrected chi connectivity index (χ4v) is 2.81. The van der Waals surface area contributed by atoms with Crippen molar-refractivity contribution in [2.45, 2.75) is 20.4 Å². The van der Waals surface area contributed by atoms with Crippen LogP contribution in [0, 0.1) is 6.92 Å². The molecule has 0 radical (unpaired) electrons. The number of nitrogens with zero attached hydrogens (tertiary/aromatic N) is 3. The molecule has 144 valence electrons. The highest BCUT2D eigenvalue weighted by atomic mass is 16.5. The maximum Gasteiger partial charge on any atom is 0.272 e. The summed E-state index contributed by atoms with van der Waals surface area (Å²) in [6, 6.07) is 19.1. The van der Waals surface area contributed by atoms with Crippen LogP contribution in [0.3, 0.4) is 0 Å². The molecule has 28 heavy (non-hydrogen) atoms. The number of nitrogens with one attached hydrogen (secondary N) is 1. The van der Waals surface area contributed by atoms with E-state index in [2.05, 4.69) is 15.3 Å². The summed E-state index contributed by atoms with van der Waals surface area (Å²) in [5.41, 5.74) is 2.29. The number of aromatic nitrogens is 2. The highest BCUT2D eigenvalue weighted by molar-refractivity contribution is 5.93. The molecule has 1 aromatic heterocycles. The molecule has 0 saturated heterocycles. The zero-order chi connectivity index (χ0) is 19.9. The molecule has 0 bridgehead atoms. The number of benzene rings is 2. The average molecular weight is 376 g/mol. The molecular weight excluding hydrogens is 352 g/mol. The molecular formula is C22H24N4O2. The summed E-state index contributed by atoms with van der Waals surface area (Å²) in [6.45, 7) is 4.87. The van der Waals surface area contributed by atoms with E-state index in [-0.39, 0.29) is 5.91 Å². The number of carbonyl (C=O) groups is 1. The Morgan fingerprint density at radius 1 is 1.07 bits per heavy atom. The van der Waals surface area contributed by atoms with E-state index in [1.54, 1.807) is 24.9 Å². The lowest BCUT2D eigenvalue weighted by Gasteiger charge is -2.17. The molecule has 1 N–H and O–H groups in total. The Kier molecular flexibility index (Phi) is 6.22. The monoisotopic (exact) mass is 376 g/mol. The standard InChI is InChI=1S/C22H24N4O2/c1-4-28-19-12-10-18(11-13-19)25-21-14-20(23-16(2)24-21)22(27)26(3)15-17-8-6-5-7-9-17/h5-14H,4,15H2,1-3H3,(H,23,24,25). The van der Waals surface area contributed by atoms with Gasteiger partial charge >= 0.3 is 0 Å². The molecule has 0 atom stereocenters. The second kappa shape index (κ2) is 8.99. The molecule has 0 spiro atoms. The van der Waals surface area contributed by atoms with Gasteiger partial charge in [-0.25, -0.2) is 9.97 Å². The van der Waals surface area contributed by atoms with Crippen molar-refractivity contribution in [2.75, 3.05) is 19.0 Å². The first-order valence-corrected chi connectivity index (χ1v) is 9.20. The van der Waals surface area contributed by atoms with Crippen molar-refractivity contribution in [3.05, 3.63) is 77.7 Å². The molecule has 6 heteroatoms. The van der Waals surface area contributed by atoms with E-state index in [0.717, 1.165) is 17.0 Å². The van der Waals surface area contributed by atoms with Gasteiger partial charge in [-0.1, -0.05) is 30.3 Å². The molecule has 2 aromatic carbocycles. The normalized spacial score (nSPS) is 10.4. The topological polar surface area (TPSA) is 67.3 Å². The Morgan fingerprint density at radius 3 is 2.46 bits per heavy atom. The lowest BCUT2D eigenvalue weighted by molar-refractivity contribution is 0.0779. The predicted octanol–water partition coefficient (Wildman–Crippen LogP) is 4.20. The molecule has 0 aliphatic carbocycles. The lowest BCUT2D eigenvalue weighted by atomic mass is 10.2. The summed E-state index contributed by atoms with van der Waals surface area (Å²) in [5.74, 6) is 1.77. The van der Waals surface area contributed by atoms with Crippen LogP contribution in [-0.2, 0) is 6.54 Å². The smallest absolute Gasteiger partial charge is 0.272 e. The zero-order valence-electron chi connectivity index (χ0n) is 16.3. The van der Waals surface area contributed by atoms with Gasteiger partial charge in [0.15, 0.2) is 0 Å². The Balaban J connectivity index is 1.74. The summed E-state index contributed by atoms with van der Waals surface area (Å²) in [5, 5.41) is 3.22. The minimum absolute atomic E-state index is 0.149. The summed E-state index contributed by atoms with van der Waals surface area (Å²) in [6.07, 6.45) is 0. The van der Waals surface area contributed by atoms with E-state index in [0.29, 0.717) is 30.5 Å². The second-order valence-corrected chi connectivity index (χ2v) is 6.41. The van der Waals surface area contributed by atoms with Gasteiger partial charge in [0, 0.05) is 25.3 Å². The molecule has 1 amide bonds. The number of aryl methyl sites for hydroxylation is 1. The molecule has 0 fully saturated rings. The fraction of sp³-hybridized carbons (Fsp3) is 0.227. The van der Waals surface area contributed by atoms with Crippen LogP contribution < -0.4 is 10.1 Å². The van der Waals surface area contributed by atoms with Gasteiger partial charge in [0.1, 0.15) is 23.1 Å². The largest absolute Gasteiger partial charge is 0.494 e.